The SMILES string of the molecule is CCOC(=O)C[C@]1(C)C=C(C)C[C@H](C2CCCCC2)O1. The number of carbonyl (C=O) groups excluding carboxylic acids is 1. The second-order valence-corrected chi connectivity index (χ2v) is 6.54. The predicted octanol–water partition coefficient (Wildman–Crippen LogP) is 4.01. The van der Waals surface area contributed by atoms with E-state index >= 15 is 0 Å². The average molecular weight is 280 g/mol. The molecule has 1 heterocycles. The number of hydrogen-bond acceptors (Lipinski definition) is 3. The molecule has 2 aliphatic rings. The van der Waals surface area contributed by atoms with Crippen molar-refractivity contribution in [3.8, 4) is 0 Å². The zero-order valence-corrected chi connectivity index (χ0v) is 13.1. The Balaban J connectivity index is 2.02. The molecule has 3 nitrogen and oxygen atoms in total. The summed E-state index contributed by atoms with van der Waals surface area (Å²) in [6.07, 6.45) is 10.3. The lowest BCUT2D eigenvalue weighted by molar-refractivity contribution is -0.154. The van der Waals surface area contributed by atoms with Crippen LogP contribution in [0.25, 0.3) is 0 Å². The molecule has 0 unspecified atom stereocenters. The molecule has 3 heteroatoms. The summed E-state index contributed by atoms with van der Waals surface area (Å²) >= 11 is 0. The second kappa shape index (κ2) is 6.75. The molecule has 0 N–H and O–H groups in total. The van der Waals surface area contributed by atoms with Crippen molar-refractivity contribution >= 4 is 5.97 Å². The first-order valence-corrected chi connectivity index (χ1v) is 8.04. The summed E-state index contributed by atoms with van der Waals surface area (Å²) in [6.45, 7) is 6.45. The molecule has 1 fully saturated rings. The zero-order chi connectivity index (χ0) is 14.6. The van der Waals surface area contributed by atoms with Gasteiger partial charge in [-0.2, -0.15) is 0 Å². The summed E-state index contributed by atoms with van der Waals surface area (Å²) in [6, 6.07) is 0. The van der Waals surface area contributed by atoms with Crippen molar-refractivity contribution in [2.24, 2.45) is 5.92 Å². The molecular formula is C17H28O3. The van der Waals surface area contributed by atoms with Crippen molar-refractivity contribution in [2.45, 2.75) is 77.4 Å². The molecule has 1 aliphatic carbocycles. The molecule has 2 rings (SSSR count). The van der Waals surface area contributed by atoms with Gasteiger partial charge in [-0.1, -0.05) is 30.9 Å². The average Bonchev–Trinajstić information content (AvgIpc) is 2.38. The van der Waals surface area contributed by atoms with E-state index in [1.165, 1.54) is 37.7 Å². The first-order valence-electron chi connectivity index (χ1n) is 8.04. The smallest absolute Gasteiger partial charge is 0.309 e. The lowest BCUT2D eigenvalue weighted by Gasteiger charge is -2.40. The maximum atomic E-state index is 11.8. The van der Waals surface area contributed by atoms with Gasteiger partial charge in [0.1, 0.15) is 0 Å². The fraction of sp³-hybridized carbons (Fsp3) is 0.824. The van der Waals surface area contributed by atoms with Crippen molar-refractivity contribution < 1.29 is 14.3 Å². The summed E-state index contributed by atoms with van der Waals surface area (Å²) < 4.78 is 11.4. The molecule has 114 valence electrons. The predicted molar refractivity (Wildman–Crippen MR) is 79.5 cm³/mol. The Morgan fingerprint density at radius 1 is 1.40 bits per heavy atom. The fourth-order valence-electron chi connectivity index (χ4n) is 3.68. The molecule has 0 spiro atoms. The van der Waals surface area contributed by atoms with Crippen LogP contribution in [0.5, 0.6) is 0 Å². The number of rotatable bonds is 4. The van der Waals surface area contributed by atoms with E-state index in [0.29, 0.717) is 18.9 Å². The van der Waals surface area contributed by atoms with E-state index in [0.717, 1.165) is 6.42 Å². The van der Waals surface area contributed by atoms with Crippen LogP contribution >= 0.6 is 0 Å². The Morgan fingerprint density at radius 3 is 2.75 bits per heavy atom. The monoisotopic (exact) mass is 280 g/mol. The van der Waals surface area contributed by atoms with Gasteiger partial charge in [0, 0.05) is 0 Å². The molecule has 0 aromatic heterocycles. The first-order chi connectivity index (χ1) is 9.52. The normalized spacial score (nSPS) is 31.8. The Morgan fingerprint density at radius 2 is 2.10 bits per heavy atom. The largest absolute Gasteiger partial charge is 0.466 e. The molecule has 0 aromatic rings. The van der Waals surface area contributed by atoms with Gasteiger partial charge in [0.05, 0.1) is 24.7 Å². The van der Waals surface area contributed by atoms with E-state index in [9.17, 15) is 4.79 Å². The molecule has 20 heavy (non-hydrogen) atoms. The van der Waals surface area contributed by atoms with Crippen LogP contribution < -0.4 is 0 Å². The van der Waals surface area contributed by atoms with Crippen molar-refractivity contribution in [2.75, 3.05) is 6.61 Å². The highest BCUT2D eigenvalue weighted by Gasteiger charge is 2.37. The maximum absolute atomic E-state index is 11.8. The van der Waals surface area contributed by atoms with Crippen molar-refractivity contribution in [3.63, 3.8) is 0 Å². The highest BCUT2D eigenvalue weighted by atomic mass is 16.5. The minimum absolute atomic E-state index is 0.164. The van der Waals surface area contributed by atoms with E-state index in [-0.39, 0.29) is 12.1 Å². The summed E-state index contributed by atoms with van der Waals surface area (Å²) in [5.41, 5.74) is 0.857. The van der Waals surface area contributed by atoms with Crippen LogP contribution in [0.1, 0.15) is 65.7 Å². The Bertz CT molecular complexity index is 368. The molecule has 0 saturated heterocycles. The molecule has 0 bridgehead atoms. The Kier molecular flexibility index (Phi) is 5.25. The molecule has 0 amide bonds. The van der Waals surface area contributed by atoms with Gasteiger partial charge in [0.2, 0.25) is 0 Å². The summed E-state index contributed by atoms with van der Waals surface area (Å²) in [4.78, 5) is 11.8. The van der Waals surface area contributed by atoms with Gasteiger partial charge in [-0.05, 0) is 46.0 Å². The lowest BCUT2D eigenvalue weighted by atomic mass is 9.80. The van der Waals surface area contributed by atoms with Gasteiger partial charge in [0.25, 0.3) is 0 Å². The minimum Gasteiger partial charge on any atom is -0.466 e. The van der Waals surface area contributed by atoms with Crippen LogP contribution in [0.15, 0.2) is 11.6 Å². The third-order valence-electron chi connectivity index (χ3n) is 4.47. The van der Waals surface area contributed by atoms with Gasteiger partial charge in [-0.15, -0.1) is 0 Å². The highest BCUT2D eigenvalue weighted by Crippen LogP contribution is 2.38. The molecule has 1 saturated carbocycles. The van der Waals surface area contributed by atoms with Gasteiger partial charge in [-0.3, -0.25) is 4.79 Å². The number of carbonyl (C=O) groups is 1. The van der Waals surface area contributed by atoms with Crippen molar-refractivity contribution in [1.29, 1.82) is 0 Å². The first kappa shape index (κ1) is 15.6. The lowest BCUT2D eigenvalue weighted by Crippen LogP contribution is -2.41. The minimum atomic E-state index is -0.489. The van der Waals surface area contributed by atoms with Crippen molar-refractivity contribution in [3.05, 3.63) is 11.6 Å². The van der Waals surface area contributed by atoms with E-state index in [1.54, 1.807) is 0 Å². The third-order valence-corrected chi connectivity index (χ3v) is 4.47. The maximum Gasteiger partial charge on any atom is 0.309 e. The van der Waals surface area contributed by atoms with Gasteiger partial charge < -0.3 is 9.47 Å². The number of hydrogen-bond donors (Lipinski definition) is 0. The van der Waals surface area contributed by atoms with E-state index in [1.807, 2.05) is 13.8 Å². The van der Waals surface area contributed by atoms with Gasteiger partial charge in [0.15, 0.2) is 0 Å². The molecule has 2 atom stereocenters. The van der Waals surface area contributed by atoms with Gasteiger partial charge >= 0.3 is 5.97 Å². The summed E-state index contributed by atoms with van der Waals surface area (Å²) in [7, 11) is 0. The van der Waals surface area contributed by atoms with Crippen LogP contribution in [0.4, 0.5) is 0 Å². The molecule has 1 aliphatic heterocycles. The fourth-order valence-corrected chi connectivity index (χ4v) is 3.68. The quantitative estimate of drug-likeness (QED) is 0.576. The van der Waals surface area contributed by atoms with Gasteiger partial charge in [-0.25, -0.2) is 0 Å². The van der Waals surface area contributed by atoms with E-state index < -0.39 is 5.60 Å². The highest BCUT2D eigenvalue weighted by molar-refractivity contribution is 5.71. The Labute approximate surface area is 122 Å². The van der Waals surface area contributed by atoms with Crippen molar-refractivity contribution in [1.82, 2.24) is 0 Å². The standard InChI is InChI=1S/C17H28O3/c1-4-19-16(18)12-17(3)11-13(2)10-15(20-17)14-8-6-5-7-9-14/h11,14-15H,4-10,12H2,1-3H3/t15-,17+/m1/s1. The van der Waals surface area contributed by atoms with Crippen LogP contribution in [0.3, 0.4) is 0 Å². The second-order valence-electron chi connectivity index (χ2n) is 6.54. The van der Waals surface area contributed by atoms with E-state index in [2.05, 4.69) is 13.0 Å². The zero-order valence-electron chi connectivity index (χ0n) is 13.1. The number of ether oxygens (including phenoxy) is 2. The molecule has 0 aromatic carbocycles. The topological polar surface area (TPSA) is 35.5 Å². The van der Waals surface area contributed by atoms with Crippen LogP contribution in [0.2, 0.25) is 0 Å². The van der Waals surface area contributed by atoms with E-state index in [4.69, 9.17) is 9.47 Å². The Hall–Kier alpha value is -0.830. The van der Waals surface area contributed by atoms with Crippen LogP contribution in [0, 0.1) is 5.92 Å². The third kappa shape index (κ3) is 4.08. The number of esters is 1. The van der Waals surface area contributed by atoms with Crippen LogP contribution in [-0.2, 0) is 14.3 Å². The summed E-state index contributed by atoms with van der Waals surface area (Å²) in [5.74, 6) is 0.497. The molecule has 0 radical (unpaired) electrons. The molecular weight excluding hydrogens is 252 g/mol. The summed E-state index contributed by atoms with van der Waals surface area (Å²) in [5, 5.41) is 0. The van der Waals surface area contributed by atoms with Crippen LogP contribution in [-0.4, -0.2) is 24.3 Å².